The Hall–Kier alpha value is -5.79. The predicted octanol–water partition coefficient (Wildman–Crippen LogP) is 11.0. The Kier molecular flexibility index (Phi) is 33.3. The third-order valence-corrected chi connectivity index (χ3v) is 15.7. The first-order valence-electron chi connectivity index (χ1n) is 24.9. The third kappa shape index (κ3) is 30.8. The lowest BCUT2D eigenvalue weighted by atomic mass is 10.2. The summed E-state index contributed by atoms with van der Waals surface area (Å²) in [6.45, 7) is 9.63. The molecule has 5 rings (SSSR count). The van der Waals surface area contributed by atoms with Crippen molar-refractivity contribution in [2.75, 3.05) is 45.2 Å². The van der Waals surface area contributed by atoms with Gasteiger partial charge in [-0.25, -0.2) is 32.3 Å². The zero-order valence-electron chi connectivity index (χ0n) is 46.3. The van der Waals surface area contributed by atoms with Gasteiger partial charge in [0.2, 0.25) is 0 Å². The summed E-state index contributed by atoms with van der Waals surface area (Å²) in [7, 11) is -22.2. The van der Waals surface area contributed by atoms with Crippen molar-refractivity contribution in [2.24, 2.45) is 0 Å². The number of hydrogen-bond acceptors (Lipinski definition) is 22. The van der Waals surface area contributed by atoms with Gasteiger partial charge in [0, 0.05) is 0 Å². The first kappa shape index (κ1) is 74.3. The second-order valence-electron chi connectivity index (χ2n) is 16.4. The van der Waals surface area contributed by atoms with Gasteiger partial charge in [0.1, 0.15) is 23.6 Å². The Labute approximate surface area is 484 Å². The van der Waals surface area contributed by atoms with Gasteiger partial charge in [0.25, 0.3) is 0 Å². The number of alkyl halides is 3. The fourth-order valence-corrected chi connectivity index (χ4v) is 11.1. The van der Waals surface area contributed by atoms with Crippen LogP contribution >= 0.6 is 30.4 Å². The van der Waals surface area contributed by atoms with Crippen molar-refractivity contribution in [1.82, 2.24) is 0 Å². The quantitative estimate of drug-likeness (QED) is 0.0126. The SMILES string of the molecule is CCOC(=O)[C@H](C)OP(=O)(CO)Oc1ccccc1.CCOC(=O)[C@H](C)OP(=O)(COCc1ccccc1)Oc1ccccc1.CCOC(=O)[C@H](C)OP(=O)(COS(=O)(=O)C(F)(F)F)Oc1ccccc1.O=P(O)(O)COCc1ccccc1. The van der Waals surface area contributed by atoms with Crippen LogP contribution in [0.3, 0.4) is 0 Å². The number of carbonyl (C=O) groups is 3. The molecule has 84 heavy (non-hydrogen) atoms. The molecule has 3 unspecified atom stereocenters. The van der Waals surface area contributed by atoms with Crippen LogP contribution in [0, 0.1) is 0 Å². The van der Waals surface area contributed by atoms with Gasteiger partial charge in [-0.15, -0.1) is 0 Å². The predicted molar refractivity (Wildman–Crippen MR) is 298 cm³/mol. The van der Waals surface area contributed by atoms with Crippen LogP contribution in [0.15, 0.2) is 152 Å². The van der Waals surface area contributed by atoms with Crippen LogP contribution in [0.1, 0.15) is 52.7 Å². The average Bonchev–Trinajstić information content (AvgIpc) is 2.63. The first-order valence-corrected chi connectivity index (χ1v) is 33.3. The number of hydrogen-bond donors (Lipinski definition) is 3. The van der Waals surface area contributed by atoms with E-state index in [0.29, 0.717) is 5.75 Å². The Morgan fingerprint density at radius 1 is 0.476 bits per heavy atom. The summed E-state index contributed by atoms with van der Waals surface area (Å²) in [5, 5.41) is 9.14. The molecule has 6 atom stereocenters. The van der Waals surface area contributed by atoms with E-state index >= 15 is 0 Å². The van der Waals surface area contributed by atoms with Gasteiger partial charge in [0.15, 0.2) is 37.4 Å². The Bertz CT molecular complexity index is 3000. The van der Waals surface area contributed by atoms with E-state index in [-0.39, 0.29) is 50.9 Å². The molecule has 5 aromatic carbocycles. The van der Waals surface area contributed by atoms with Gasteiger partial charge in [-0.3, -0.25) is 18.1 Å². The smallest absolute Gasteiger partial charge is 0.464 e. The summed E-state index contributed by atoms with van der Waals surface area (Å²) in [4.78, 5) is 51.7. The van der Waals surface area contributed by atoms with Crippen molar-refractivity contribution >= 4 is 58.4 Å². The van der Waals surface area contributed by atoms with Gasteiger partial charge >= 0.3 is 63.9 Å². The van der Waals surface area contributed by atoms with Crippen molar-refractivity contribution < 1.29 is 124 Å². The topological polar surface area (TPSA) is 325 Å². The van der Waals surface area contributed by atoms with Crippen LogP contribution in [0.5, 0.6) is 17.2 Å². The van der Waals surface area contributed by atoms with Crippen LogP contribution in [0.2, 0.25) is 0 Å². The molecule has 24 nitrogen and oxygen atoms in total. The van der Waals surface area contributed by atoms with Crippen molar-refractivity contribution in [3.05, 3.63) is 163 Å². The molecule has 466 valence electrons. The maximum Gasteiger partial charge on any atom is 0.523 e. The summed E-state index contributed by atoms with van der Waals surface area (Å²) in [6, 6.07) is 42.7. The largest absolute Gasteiger partial charge is 0.523 e. The minimum atomic E-state index is -6.04. The molecular formula is C52H67F3O24P4S. The fourth-order valence-electron chi connectivity index (χ4n) is 5.70. The summed E-state index contributed by atoms with van der Waals surface area (Å²) < 4.78 is 167. The lowest BCUT2D eigenvalue weighted by Gasteiger charge is -2.22. The van der Waals surface area contributed by atoms with E-state index in [1.165, 1.54) is 45.0 Å². The van der Waals surface area contributed by atoms with E-state index < -0.39 is 101 Å². The molecule has 0 aliphatic carbocycles. The van der Waals surface area contributed by atoms with Crippen LogP contribution in [0.4, 0.5) is 13.2 Å². The molecule has 0 heterocycles. The molecule has 32 heteroatoms. The second-order valence-corrected chi connectivity index (χ2v) is 25.3. The molecular weight excluding hydrogens is 1220 g/mol. The normalized spacial score (nSPS) is 14.5. The number of halogens is 3. The highest BCUT2D eigenvalue weighted by molar-refractivity contribution is 7.87. The number of aliphatic hydroxyl groups excluding tert-OH is 1. The Morgan fingerprint density at radius 2 is 0.762 bits per heavy atom. The fraction of sp³-hybridized carbons (Fsp3) is 0.365. The monoisotopic (exact) mass is 1290 g/mol. The number of benzene rings is 5. The van der Waals surface area contributed by atoms with Crippen molar-refractivity contribution in [3.8, 4) is 17.2 Å². The van der Waals surface area contributed by atoms with Gasteiger partial charge in [0.05, 0.1) is 33.0 Å². The molecule has 3 N–H and O–H groups in total. The van der Waals surface area contributed by atoms with E-state index in [4.69, 9.17) is 61.0 Å². The number of rotatable bonds is 30. The average molecular weight is 1290 g/mol. The third-order valence-electron chi connectivity index (χ3n) is 9.33. The number of carbonyl (C=O) groups excluding carboxylic acids is 3. The Morgan fingerprint density at radius 3 is 1.06 bits per heavy atom. The molecule has 0 aromatic heterocycles. The molecule has 0 saturated carbocycles. The molecule has 5 aromatic rings. The van der Waals surface area contributed by atoms with Gasteiger partial charge < -0.3 is 52.1 Å². The second kappa shape index (κ2) is 37.6. The summed E-state index contributed by atoms with van der Waals surface area (Å²) in [6.07, 6.45) is -6.87. The molecule has 0 amide bonds. The van der Waals surface area contributed by atoms with Crippen LogP contribution in [-0.2, 0) is 97.4 Å². The molecule has 0 radical (unpaired) electrons. The van der Waals surface area contributed by atoms with E-state index in [1.54, 1.807) is 74.5 Å². The minimum absolute atomic E-state index is 0.0324. The zero-order valence-corrected chi connectivity index (χ0v) is 50.7. The molecule has 0 aliphatic heterocycles. The summed E-state index contributed by atoms with van der Waals surface area (Å²) in [5.74, 6) is -1.67. The lowest BCUT2D eigenvalue weighted by molar-refractivity contribution is -0.151. The number of para-hydroxylation sites is 3. The van der Waals surface area contributed by atoms with Crippen LogP contribution < -0.4 is 13.6 Å². The van der Waals surface area contributed by atoms with Crippen LogP contribution in [-0.4, -0.2) is 110 Å². The maximum atomic E-state index is 13.1. The standard InChI is InChI=1S/C19H23O6P.C13H16F3O8PS.C12H17O6P.C8H11O4P/c1-3-23-19(20)16(2)24-26(21,25-18-12-8-5-9-13-18)15-22-14-17-10-6-4-7-11-17;1-3-21-12(17)10(2)23-25(18,24-11-7-5-4-6-8-11)9-22-26(19,20)13(14,15)16;1-3-16-12(14)10(2)17-19(15,9-13)18-11-7-5-4-6-8-11;9-13(10,11)7-12-6-8-4-2-1-3-5-8/h4-13,16H,3,14-15H2,1-2H3;4-8,10H,3,9H2,1-2H3;4-8,10,13H,3,9H2,1-2H3;1-5H,6-7H2,(H2,9,10,11)/t16-,26?;10-,25?;10-,19?;/m000./s1. The van der Waals surface area contributed by atoms with E-state index in [1.807, 2.05) is 66.7 Å². The summed E-state index contributed by atoms with van der Waals surface area (Å²) in [5.41, 5.74) is -3.90. The highest BCUT2D eigenvalue weighted by Gasteiger charge is 2.49. The number of esters is 3. The molecule has 0 fully saturated rings. The molecule has 0 spiro atoms. The highest BCUT2D eigenvalue weighted by atomic mass is 32.2. The number of ether oxygens (including phenoxy) is 5. The van der Waals surface area contributed by atoms with E-state index in [2.05, 4.69) is 8.92 Å². The lowest BCUT2D eigenvalue weighted by Crippen LogP contribution is -2.28. The molecule has 0 aliphatic rings. The first-order chi connectivity index (χ1) is 39.5. The number of aliphatic hydroxyl groups is 1. The minimum Gasteiger partial charge on any atom is -0.464 e. The van der Waals surface area contributed by atoms with E-state index in [0.717, 1.165) is 18.1 Å². The molecule has 0 saturated heterocycles. The van der Waals surface area contributed by atoms with Crippen LogP contribution in [0.25, 0.3) is 0 Å². The zero-order chi connectivity index (χ0) is 62.9. The van der Waals surface area contributed by atoms with Crippen molar-refractivity contribution in [2.45, 2.75) is 78.6 Å². The summed E-state index contributed by atoms with van der Waals surface area (Å²) >= 11 is 0. The highest BCUT2D eigenvalue weighted by Crippen LogP contribution is 2.52. The van der Waals surface area contributed by atoms with Crippen molar-refractivity contribution in [1.29, 1.82) is 0 Å². The Balaban J connectivity index is 0.000000394. The van der Waals surface area contributed by atoms with Gasteiger partial charge in [-0.05, 0) is 89.1 Å². The van der Waals surface area contributed by atoms with E-state index in [9.17, 15) is 54.2 Å². The van der Waals surface area contributed by atoms with Gasteiger partial charge in [-0.2, -0.15) is 21.6 Å². The van der Waals surface area contributed by atoms with Crippen molar-refractivity contribution in [3.63, 3.8) is 0 Å². The molecule has 0 bridgehead atoms. The van der Waals surface area contributed by atoms with Gasteiger partial charge in [-0.1, -0.05) is 115 Å². The maximum absolute atomic E-state index is 13.1.